The number of halogens is 1. The second-order valence-electron chi connectivity index (χ2n) is 4.77. The van der Waals surface area contributed by atoms with Crippen molar-refractivity contribution in [1.29, 1.82) is 0 Å². The lowest BCUT2D eigenvalue weighted by Gasteiger charge is -2.21. The molecule has 3 rings (SSSR count). The van der Waals surface area contributed by atoms with E-state index >= 15 is 0 Å². The molecule has 0 fully saturated rings. The Hall–Kier alpha value is -2.47. The molecule has 0 saturated heterocycles. The second-order valence-corrected chi connectivity index (χ2v) is 5.62. The number of hydrogen-bond donors (Lipinski definition) is 1. The number of fused-ring (bicyclic) bond motifs is 2. The highest BCUT2D eigenvalue weighted by molar-refractivity contribution is 9.10. The molecule has 0 radical (unpaired) electrons. The number of nitrogen functional groups attached to an aromatic ring is 1. The Balaban J connectivity index is 2.36. The molecule has 0 aliphatic heterocycles. The SMILES string of the molecule is COC(=O)c1cc(Br)c2c(c1N)C(=O)c1ccccc1C2=O. The van der Waals surface area contributed by atoms with E-state index in [2.05, 4.69) is 20.7 Å². The quantitative estimate of drug-likeness (QED) is 0.533. The van der Waals surface area contributed by atoms with Crippen molar-refractivity contribution < 1.29 is 19.1 Å². The summed E-state index contributed by atoms with van der Waals surface area (Å²) in [7, 11) is 1.22. The third-order valence-corrected chi connectivity index (χ3v) is 4.22. The molecule has 2 aromatic rings. The van der Waals surface area contributed by atoms with Gasteiger partial charge in [0.25, 0.3) is 0 Å². The van der Waals surface area contributed by atoms with Crippen molar-refractivity contribution in [2.24, 2.45) is 0 Å². The number of nitrogens with two attached hydrogens (primary N) is 1. The van der Waals surface area contributed by atoms with Crippen LogP contribution in [0.3, 0.4) is 0 Å². The highest BCUT2D eigenvalue weighted by Crippen LogP contribution is 2.37. The van der Waals surface area contributed by atoms with E-state index in [0.29, 0.717) is 10.0 Å². The minimum Gasteiger partial charge on any atom is -0.465 e. The third kappa shape index (κ3) is 1.88. The molecule has 0 spiro atoms. The topological polar surface area (TPSA) is 86.5 Å². The first kappa shape index (κ1) is 14.5. The summed E-state index contributed by atoms with van der Waals surface area (Å²) in [5.74, 6) is -1.35. The van der Waals surface area contributed by atoms with Gasteiger partial charge in [-0.3, -0.25) is 9.59 Å². The van der Waals surface area contributed by atoms with Crippen molar-refractivity contribution in [3.05, 3.63) is 62.6 Å². The number of ether oxygens (including phenoxy) is 1. The van der Waals surface area contributed by atoms with Crippen LogP contribution in [0.5, 0.6) is 0 Å². The van der Waals surface area contributed by atoms with Gasteiger partial charge in [0.05, 0.1) is 29.5 Å². The lowest BCUT2D eigenvalue weighted by molar-refractivity contribution is 0.0601. The molecule has 0 amide bonds. The number of esters is 1. The molecular weight excluding hydrogens is 350 g/mol. The van der Waals surface area contributed by atoms with Gasteiger partial charge in [-0.2, -0.15) is 0 Å². The fourth-order valence-corrected chi connectivity index (χ4v) is 3.16. The number of rotatable bonds is 1. The Morgan fingerprint density at radius 1 is 1.09 bits per heavy atom. The number of hydrogen-bond acceptors (Lipinski definition) is 5. The fraction of sp³-hybridized carbons (Fsp3) is 0.0625. The van der Waals surface area contributed by atoms with Crippen LogP contribution in [0.4, 0.5) is 5.69 Å². The zero-order valence-corrected chi connectivity index (χ0v) is 13.1. The first-order valence-electron chi connectivity index (χ1n) is 6.36. The van der Waals surface area contributed by atoms with Crippen molar-refractivity contribution in [1.82, 2.24) is 0 Å². The van der Waals surface area contributed by atoms with Crippen molar-refractivity contribution in [2.45, 2.75) is 0 Å². The molecule has 0 heterocycles. The predicted molar refractivity (Wildman–Crippen MR) is 83.2 cm³/mol. The van der Waals surface area contributed by atoms with Gasteiger partial charge in [0, 0.05) is 15.6 Å². The minimum atomic E-state index is -0.667. The van der Waals surface area contributed by atoms with E-state index < -0.39 is 5.97 Å². The van der Waals surface area contributed by atoms with Gasteiger partial charge >= 0.3 is 5.97 Å². The third-order valence-electron chi connectivity index (χ3n) is 3.60. The highest BCUT2D eigenvalue weighted by atomic mass is 79.9. The van der Waals surface area contributed by atoms with Crippen LogP contribution in [-0.2, 0) is 4.74 Å². The maximum atomic E-state index is 12.7. The molecule has 2 N–H and O–H groups in total. The average molecular weight is 360 g/mol. The molecule has 2 aromatic carbocycles. The Kier molecular flexibility index (Phi) is 3.33. The van der Waals surface area contributed by atoms with Crippen LogP contribution < -0.4 is 5.73 Å². The summed E-state index contributed by atoms with van der Waals surface area (Å²) in [4.78, 5) is 37.1. The van der Waals surface area contributed by atoms with Gasteiger partial charge in [0.15, 0.2) is 11.6 Å². The normalized spacial score (nSPS) is 12.6. The van der Waals surface area contributed by atoms with Crippen LogP contribution >= 0.6 is 15.9 Å². The van der Waals surface area contributed by atoms with Crippen LogP contribution in [0.1, 0.15) is 42.2 Å². The summed E-state index contributed by atoms with van der Waals surface area (Å²) >= 11 is 3.25. The lowest BCUT2D eigenvalue weighted by atomic mass is 9.82. The van der Waals surface area contributed by atoms with Crippen LogP contribution in [-0.4, -0.2) is 24.6 Å². The molecule has 6 heteroatoms. The molecule has 5 nitrogen and oxygen atoms in total. The van der Waals surface area contributed by atoms with Crippen LogP contribution in [0, 0.1) is 0 Å². The molecule has 22 heavy (non-hydrogen) atoms. The molecule has 0 unspecified atom stereocenters. The predicted octanol–water partition coefficient (Wildman–Crippen LogP) is 2.59. The number of carbonyl (C=O) groups excluding carboxylic acids is 3. The van der Waals surface area contributed by atoms with E-state index in [1.165, 1.54) is 13.2 Å². The van der Waals surface area contributed by atoms with Crippen molar-refractivity contribution in [3.63, 3.8) is 0 Å². The zero-order valence-electron chi connectivity index (χ0n) is 11.5. The van der Waals surface area contributed by atoms with Crippen LogP contribution in [0.2, 0.25) is 0 Å². The molecule has 0 aromatic heterocycles. The largest absolute Gasteiger partial charge is 0.465 e. The highest BCUT2D eigenvalue weighted by Gasteiger charge is 2.35. The van der Waals surface area contributed by atoms with Gasteiger partial charge in [-0.25, -0.2) is 4.79 Å². The molecule has 0 atom stereocenters. The number of carbonyl (C=O) groups is 3. The number of anilines is 1. The maximum absolute atomic E-state index is 12.7. The summed E-state index contributed by atoms with van der Waals surface area (Å²) in [5, 5.41) is 0. The summed E-state index contributed by atoms with van der Waals surface area (Å²) in [6.07, 6.45) is 0. The Morgan fingerprint density at radius 2 is 1.64 bits per heavy atom. The van der Waals surface area contributed by atoms with Gasteiger partial charge in [-0.15, -0.1) is 0 Å². The summed E-state index contributed by atoms with van der Waals surface area (Å²) in [5.41, 5.74) is 6.79. The number of benzene rings is 2. The first-order chi connectivity index (χ1) is 10.5. The average Bonchev–Trinajstić information content (AvgIpc) is 2.53. The van der Waals surface area contributed by atoms with E-state index in [9.17, 15) is 14.4 Å². The summed E-state index contributed by atoms with van der Waals surface area (Å²) < 4.78 is 5.00. The first-order valence-corrected chi connectivity index (χ1v) is 7.15. The maximum Gasteiger partial charge on any atom is 0.340 e. The van der Waals surface area contributed by atoms with Gasteiger partial charge in [-0.05, 0) is 22.0 Å². The molecule has 1 aliphatic carbocycles. The standard InChI is InChI=1S/C16H10BrNO4/c1-22-16(21)9-6-10(17)11-12(13(9)18)15(20)8-5-3-2-4-7(8)14(11)19/h2-6H,18H2,1H3. The second kappa shape index (κ2) is 5.06. The minimum absolute atomic E-state index is 0.0403. The van der Waals surface area contributed by atoms with Crippen molar-refractivity contribution >= 4 is 39.2 Å². The van der Waals surface area contributed by atoms with Crippen LogP contribution in [0.15, 0.2) is 34.8 Å². The van der Waals surface area contributed by atoms with Gasteiger partial charge < -0.3 is 10.5 Å². The Morgan fingerprint density at radius 3 is 2.18 bits per heavy atom. The van der Waals surface area contributed by atoms with E-state index in [1.54, 1.807) is 24.3 Å². The number of methoxy groups -OCH3 is 1. The molecule has 0 bridgehead atoms. The zero-order chi connectivity index (χ0) is 16.0. The van der Waals surface area contributed by atoms with Gasteiger partial charge in [0.1, 0.15) is 0 Å². The smallest absolute Gasteiger partial charge is 0.340 e. The Bertz CT molecular complexity index is 857. The number of ketones is 2. The van der Waals surface area contributed by atoms with Crippen molar-refractivity contribution in [2.75, 3.05) is 12.8 Å². The van der Waals surface area contributed by atoms with E-state index in [0.717, 1.165) is 0 Å². The molecule has 1 aliphatic rings. The summed E-state index contributed by atoms with van der Waals surface area (Å²) in [6.45, 7) is 0. The van der Waals surface area contributed by atoms with E-state index in [1.807, 2.05) is 0 Å². The molecule has 0 saturated carbocycles. The van der Waals surface area contributed by atoms with Gasteiger partial charge in [-0.1, -0.05) is 24.3 Å². The van der Waals surface area contributed by atoms with Crippen LogP contribution in [0.25, 0.3) is 0 Å². The monoisotopic (exact) mass is 359 g/mol. The lowest BCUT2D eigenvalue weighted by Crippen LogP contribution is -2.24. The van der Waals surface area contributed by atoms with E-state index in [4.69, 9.17) is 5.73 Å². The molecular formula is C16H10BrNO4. The fourth-order valence-electron chi connectivity index (χ4n) is 2.55. The van der Waals surface area contributed by atoms with Gasteiger partial charge in [0.2, 0.25) is 0 Å². The summed E-state index contributed by atoms with van der Waals surface area (Å²) in [6, 6.07) is 7.92. The molecule has 110 valence electrons. The van der Waals surface area contributed by atoms with E-state index in [-0.39, 0.29) is 39.5 Å². The Labute approximate surface area is 134 Å². The van der Waals surface area contributed by atoms with Crippen molar-refractivity contribution in [3.8, 4) is 0 Å².